The first kappa shape index (κ1) is 14.5. The van der Waals surface area contributed by atoms with Crippen LogP contribution >= 0.6 is 11.3 Å². The van der Waals surface area contributed by atoms with Crippen LogP contribution in [0, 0.1) is 6.92 Å². The molecule has 2 heterocycles. The normalized spacial score (nSPS) is 10.7. The summed E-state index contributed by atoms with van der Waals surface area (Å²) in [5, 5.41) is 3.43. The van der Waals surface area contributed by atoms with Gasteiger partial charge in [0, 0.05) is 20.3 Å². The molecule has 1 amide bonds. The third-order valence-electron chi connectivity index (χ3n) is 3.23. The van der Waals surface area contributed by atoms with Crippen molar-refractivity contribution in [2.75, 3.05) is 24.3 Å². The van der Waals surface area contributed by atoms with E-state index in [1.165, 1.54) is 16.9 Å². The second-order valence-electron chi connectivity index (χ2n) is 5.24. The minimum Gasteiger partial charge on any atom is -0.363 e. The SMILES string of the molecule is Cc1ccc2nc(NC(=O)c3ccc(N(C)C)nc3)sc2c1. The van der Waals surface area contributed by atoms with Crippen LogP contribution < -0.4 is 10.2 Å². The average Bonchev–Trinajstić information content (AvgIpc) is 2.88. The highest BCUT2D eigenvalue weighted by Crippen LogP contribution is 2.27. The molecule has 0 saturated heterocycles. The van der Waals surface area contributed by atoms with Crippen LogP contribution in [0.1, 0.15) is 15.9 Å². The number of pyridine rings is 1. The Bertz CT molecular complexity index is 824. The number of carbonyl (C=O) groups excluding carboxylic acids is 1. The predicted molar refractivity (Wildman–Crippen MR) is 90.9 cm³/mol. The fraction of sp³-hybridized carbons (Fsp3) is 0.188. The Hall–Kier alpha value is -2.47. The quantitative estimate of drug-likeness (QED) is 0.806. The molecule has 0 unspecified atom stereocenters. The van der Waals surface area contributed by atoms with Crippen molar-refractivity contribution in [2.45, 2.75) is 6.92 Å². The van der Waals surface area contributed by atoms with Gasteiger partial charge in [-0.2, -0.15) is 0 Å². The smallest absolute Gasteiger partial charge is 0.259 e. The molecule has 1 aromatic carbocycles. The van der Waals surface area contributed by atoms with Crippen LogP contribution in [-0.4, -0.2) is 30.0 Å². The van der Waals surface area contributed by atoms with Gasteiger partial charge in [-0.25, -0.2) is 9.97 Å². The number of hydrogen-bond donors (Lipinski definition) is 1. The zero-order chi connectivity index (χ0) is 15.7. The van der Waals surface area contributed by atoms with Gasteiger partial charge in [0.25, 0.3) is 5.91 Å². The van der Waals surface area contributed by atoms with Crippen molar-refractivity contribution in [3.8, 4) is 0 Å². The Morgan fingerprint density at radius 2 is 2.05 bits per heavy atom. The van der Waals surface area contributed by atoms with E-state index in [9.17, 15) is 4.79 Å². The van der Waals surface area contributed by atoms with Gasteiger partial charge in [0.15, 0.2) is 5.13 Å². The zero-order valence-electron chi connectivity index (χ0n) is 12.6. The molecule has 0 aliphatic carbocycles. The Labute approximate surface area is 132 Å². The minimum absolute atomic E-state index is 0.200. The molecule has 6 heteroatoms. The van der Waals surface area contributed by atoms with Crippen LogP contribution in [0.5, 0.6) is 0 Å². The van der Waals surface area contributed by atoms with Crippen molar-refractivity contribution >= 4 is 38.4 Å². The first-order valence-electron chi connectivity index (χ1n) is 6.85. The van der Waals surface area contributed by atoms with Gasteiger partial charge >= 0.3 is 0 Å². The summed E-state index contributed by atoms with van der Waals surface area (Å²) in [4.78, 5) is 22.8. The van der Waals surface area contributed by atoms with Crippen molar-refractivity contribution in [2.24, 2.45) is 0 Å². The standard InChI is InChI=1S/C16H16N4OS/c1-10-4-6-12-13(8-10)22-16(18-12)19-15(21)11-5-7-14(17-9-11)20(2)3/h4-9H,1-3H3,(H,18,19,21). The summed E-state index contributed by atoms with van der Waals surface area (Å²) >= 11 is 1.47. The molecule has 0 aliphatic rings. The molecule has 0 radical (unpaired) electrons. The van der Waals surface area contributed by atoms with Crippen LogP contribution in [-0.2, 0) is 0 Å². The highest BCUT2D eigenvalue weighted by atomic mass is 32.1. The van der Waals surface area contributed by atoms with Crippen LogP contribution in [0.3, 0.4) is 0 Å². The number of carbonyl (C=O) groups is 1. The van der Waals surface area contributed by atoms with Crippen LogP contribution in [0.2, 0.25) is 0 Å². The summed E-state index contributed by atoms with van der Waals surface area (Å²) in [7, 11) is 3.82. The van der Waals surface area contributed by atoms with Gasteiger partial charge in [0.2, 0.25) is 0 Å². The maximum atomic E-state index is 12.2. The molecule has 3 rings (SSSR count). The van der Waals surface area contributed by atoms with Crippen LogP contribution in [0.4, 0.5) is 10.9 Å². The van der Waals surface area contributed by atoms with Gasteiger partial charge in [0.1, 0.15) is 5.82 Å². The summed E-state index contributed by atoms with van der Waals surface area (Å²) in [6, 6.07) is 9.61. The van der Waals surface area contributed by atoms with Crippen molar-refractivity contribution in [3.63, 3.8) is 0 Å². The van der Waals surface area contributed by atoms with Gasteiger partial charge in [0.05, 0.1) is 15.8 Å². The molecule has 0 spiro atoms. The molecule has 3 aromatic rings. The first-order chi connectivity index (χ1) is 10.5. The Kier molecular flexibility index (Phi) is 3.77. The van der Waals surface area contributed by atoms with Gasteiger partial charge in [-0.1, -0.05) is 17.4 Å². The van der Waals surface area contributed by atoms with Crippen molar-refractivity contribution in [1.29, 1.82) is 0 Å². The molecule has 0 saturated carbocycles. The Morgan fingerprint density at radius 1 is 1.23 bits per heavy atom. The summed E-state index contributed by atoms with van der Waals surface area (Å²) in [5.74, 6) is 0.612. The van der Waals surface area contributed by atoms with Gasteiger partial charge < -0.3 is 4.90 Å². The fourth-order valence-electron chi connectivity index (χ4n) is 2.04. The predicted octanol–water partition coefficient (Wildman–Crippen LogP) is 3.32. The number of hydrogen-bond acceptors (Lipinski definition) is 5. The van der Waals surface area contributed by atoms with Crippen LogP contribution in [0.15, 0.2) is 36.5 Å². The molecule has 112 valence electrons. The van der Waals surface area contributed by atoms with E-state index in [1.807, 2.05) is 44.1 Å². The third kappa shape index (κ3) is 2.92. The number of nitrogens with zero attached hydrogens (tertiary/aromatic N) is 3. The first-order valence-corrected chi connectivity index (χ1v) is 7.66. The Morgan fingerprint density at radius 3 is 2.73 bits per heavy atom. The molecule has 22 heavy (non-hydrogen) atoms. The van der Waals surface area contributed by atoms with Crippen molar-refractivity contribution in [1.82, 2.24) is 9.97 Å². The topological polar surface area (TPSA) is 58.1 Å². The number of aryl methyl sites for hydroxylation is 1. The molecule has 1 N–H and O–H groups in total. The number of rotatable bonds is 3. The number of benzene rings is 1. The van der Waals surface area contributed by atoms with E-state index in [-0.39, 0.29) is 5.91 Å². The molecular weight excluding hydrogens is 296 g/mol. The van der Waals surface area contributed by atoms with E-state index in [4.69, 9.17) is 0 Å². The van der Waals surface area contributed by atoms with E-state index in [0.717, 1.165) is 16.0 Å². The zero-order valence-corrected chi connectivity index (χ0v) is 13.4. The van der Waals surface area contributed by atoms with Crippen molar-refractivity contribution < 1.29 is 4.79 Å². The summed E-state index contributed by atoms with van der Waals surface area (Å²) in [6.07, 6.45) is 1.57. The lowest BCUT2D eigenvalue weighted by atomic mass is 10.2. The molecule has 0 atom stereocenters. The highest BCUT2D eigenvalue weighted by molar-refractivity contribution is 7.22. The second kappa shape index (κ2) is 5.73. The summed E-state index contributed by atoms with van der Waals surface area (Å²) in [5.41, 5.74) is 2.59. The average molecular weight is 312 g/mol. The van der Waals surface area contributed by atoms with Gasteiger partial charge in [-0.3, -0.25) is 10.1 Å². The largest absolute Gasteiger partial charge is 0.363 e. The number of nitrogens with one attached hydrogen (secondary N) is 1. The molecule has 5 nitrogen and oxygen atoms in total. The van der Waals surface area contributed by atoms with E-state index >= 15 is 0 Å². The number of fused-ring (bicyclic) bond motifs is 1. The molecule has 0 aliphatic heterocycles. The maximum absolute atomic E-state index is 12.2. The van der Waals surface area contributed by atoms with E-state index < -0.39 is 0 Å². The second-order valence-corrected chi connectivity index (χ2v) is 6.27. The van der Waals surface area contributed by atoms with Crippen LogP contribution in [0.25, 0.3) is 10.2 Å². The van der Waals surface area contributed by atoms with E-state index in [2.05, 4.69) is 21.4 Å². The number of thiazole rings is 1. The van der Waals surface area contributed by atoms with Gasteiger partial charge in [-0.15, -0.1) is 0 Å². The summed E-state index contributed by atoms with van der Waals surface area (Å²) < 4.78 is 1.07. The Balaban J connectivity index is 1.80. The van der Waals surface area contributed by atoms with Gasteiger partial charge in [-0.05, 0) is 36.8 Å². The molecule has 2 aromatic heterocycles. The molecule has 0 fully saturated rings. The number of amides is 1. The summed E-state index contributed by atoms with van der Waals surface area (Å²) in [6.45, 7) is 2.04. The minimum atomic E-state index is -0.200. The molecular formula is C16H16N4OS. The van der Waals surface area contributed by atoms with E-state index in [0.29, 0.717) is 10.7 Å². The molecule has 0 bridgehead atoms. The van der Waals surface area contributed by atoms with E-state index in [1.54, 1.807) is 12.3 Å². The number of aromatic nitrogens is 2. The highest BCUT2D eigenvalue weighted by Gasteiger charge is 2.11. The monoisotopic (exact) mass is 312 g/mol. The lowest BCUT2D eigenvalue weighted by Gasteiger charge is -2.10. The lowest BCUT2D eigenvalue weighted by molar-refractivity contribution is 0.102. The number of anilines is 2. The lowest BCUT2D eigenvalue weighted by Crippen LogP contribution is -2.14. The fourth-order valence-corrected chi connectivity index (χ4v) is 3.00. The third-order valence-corrected chi connectivity index (χ3v) is 4.17. The van der Waals surface area contributed by atoms with Crippen molar-refractivity contribution in [3.05, 3.63) is 47.7 Å². The maximum Gasteiger partial charge on any atom is 0.259 e.